The van der Waals surface area contributed by atoms with Crippen molar-refractivity contribution in [3.8, 4) is 5.75 Å². The lowest BCUT2D eigenvalue weighted by Gasteiger charge is -2.22. The molecule has 2 aromatic rings. The van der Waals surface area contributed by atoms with Crippen LogP contribution in [-0.4, -0.2) is 66.4 Å². The van der Waals surface area contributed by atoms with Crippen molar-refractivity contribution >= 4 is 23.2 Å². The largest absolute Gasteiger partial charge is 0.497 e. The van der Waals surface area contributed by atoms with Crippen molar-refractivity contribution in [2.75, 3.05) is 45.2 Å². The molecule has 182 valence electrons. The zero-order valence-electron chi connectivity index (χ0n) is 19.8. The Labute approximate surface area is 199 Å². The normalized spacial score (nSPS) is 14.4. The van der Waals surface area contributed by atoms with Crippen LogP contribution in [-0.2, 0) is 16.0 Å². The molecule has 0 aliphatic carbocycles. The minimum absolute atomic E-state index is 0.0120. The Bertz CT molecular complexity index is 1010. The molecule has 1 fully saturated rings. The molecule has 1 heterocycles. The summed E-state index contributed by atoms with van der Waals surface area (Å²) in [5.74, 6) is 0.772. The first kappa shape index (κ1) is 25.2. The Balaban J connectivity index is 1.42. The van der Waals surface area contributed by atoms with Crippen LogP contribution in [0.3, 0.4) is 0 Å². The molecule has 9 nitrogen and oxygen atoms in total. The molecular formula is C25H32N4O5. The molecule has 34 heavy (non-hydrogen) atoms. The minimum atomic E-state index is -0.452. The van der Waals surface area contributed by atoms with Gasteiger partial charge in [-0.1, -0.05) is 18.2 Å². The number of nitrogens with one attached hydrogen (secondary N) is 1. The number of methoxy groups -OCH3 is 1. The van der Waals surface area contributed by atoms with Crippen LogP contribution < -0.4 is 10.1 Å². The van der Waals surface area contributed by atoms with Gasteiger partial charge in [0.25, 0.3) is 5.69 Å². The molecule has 1 saturated heterocycles. The smallest absolute Gasteiger partial charge is 0.274 e. The van der Waals surface area contributed by atoms with E-state index < -0.39 is 4.92 Å². The standard InChI is InChI=1S/C25H32N4O5/c1-19-22(5-3-6-23(19)29(32)33)26-24(30)13-16-27-14-4-15-28(18-17-27)25(31)12-9-20-7-10-21(34-2)11-8-20/h3,5-8,10-11H,4,9,12-18H2,1-2H3,(H,26,30). The summed E-state index contributed by atoms with van der Waals surface area (Å²) < 4.78 is 5.17. The van der Waals surface area contributed by atoms with E-state index in [-0.39, 0.29) is 23.9 Å². The SMILES string of the molecule is COc1ccc(CCC(=O)N2CCCN(CCC(=O)Nc3cccc([N+](=O)[O-])c3C)CC2)cc1. The third kappa shape index (κ3) is 7.02. The summed E-state index contributed by atoms with van der Waals surface area (Å²) >= 11 is 0. The quantitative estimate of drug-likeness (QED) is 0.447. The maximum atomic E-state index is 12.7. The number of nitro groups is 1. The number of carbonyl (C=O) groups is 2. The fourth-order valence-electron chi connectivity index (χ4n) is 4.07. The summed E-state index contributed by atoms with van der Waals surface area (Å²) in [7, 11) is 1.63. The molecule has 2 aromatic carbocycles. The Hall–Kier alpha value is -3.46. The van der Waals surface area contributed by atoms with Crippen LogP contribution in [0.2, 0.25) is 0 Å². The number of amides is 2. The molecule has 9 heteroatoms. The van der Waals surface area contributed by atoms with Crippen LogP contribution in [0.25, 0.3) is 0 Å². The van der Waals surface area contributed by atoms with Gasteiger partial charge in [0.1, 0.15) is 5.75 Å². The average Bonchev–Trinajstić information content (AvgIpc) is 3.08. The summed E-state index contributed by atoms with van der Waals surface area (Å²) in [5, 5.41) is 13.9. The summed E-state index contributed by atoms with van der Waals surface area (Å²) in [6.45, 7) is 5.11. The second-order valence-electron chi connectivity index (χ2n) is 8.43. The lowest BCUT2D eigenvalue weighted by atomic mass is 10.1. The van der Waals surface area contributed by atoms with Gasteiger partial charge in [-0.3, -0.25) is 19.7 Å². The summed E-state index contributed by atoms with van der Waals surface area (Å²) in [6.07, 6.45) is 2.31. The fraction of sp³-hybridized carbons (Fsp3) is 0.440. The van der Waals surface area contributed by atoms with E-state index in [1.54, 1.807) is 26.2 Å². The molecule has 0 spiro atoms. The van der Waals surface area contributed by atoms with E-state index in [1.165, 1.54) is 6.07 Å². The van der Waals surface area contributed by atoms with Crippen molar-refractivity contribution in [3.05, 3.63) is 63.7 Å². The highest BCUT2D eigenvalue weighted by molar-refractivity contribution is 5.92. The number of nitro benzene ring substituents is 1. The van der Waals surface area contributed by atoms with Gasteiger partial charge in [-0.05, 0) is 50.1 Å². The van der Waals surface area contributed by atoms with Gasteiger partial charge in [-0.15, -0.1) is 0 Å². The predicted octanol–water partition coefficient (Wildman–Crippen LogP) is 3.41. The van der Waals surface area contributed by atoms with E-state index in [2.05, 4.69) is 10.2 Å². The lowest BCUT2D eigenvalue weighted by molar-refractivity contribution is -0.385. The maximum absolute atomic E-state index is 12.7. The molecular weight excluding hydrogens is 436 g/mol. The molecule has 0 atom stereocenters. The Morgan fingerprint density at radius 3 is 2.53 bits per heavy atom. The van der Waals surface area contributed by atoms with E-state index in [9.17, 15) is 19.7 Å². The van der Waals surface area contributed by atoms with E-state index in [0.717, 1.165) is 37.4 Å². The zero-order valence-corrected chi connectivity index (χ0v) is 19.8. The first-order valence-corrected chi connectivity index (χ1v) is 11.5. The first-order valence-electron chi connectivity index (χ1n) is 11.5. The number of rotatable bonds is 9. The molecule has 0 saturated carbocycles. The van der Waals surface area contributed by atoms with Crippen LogP contribution in [0, 0.1) is 17.0 Å². The highest BCUT2D eigenvalue weighted by atomic mass is 16.6. The number of nitrogens with zero attached hydrogens (tertiary/aromatic N) is 3. The van der Waals surface area contributed by atoms with Crippen molar-refractivity contribution in [2.24, 2.45) is 0 Å². The number of aryl methyl sites for hydroxylation is 1. The van der Waals surface area contributed by atoms with E-state index in [0.29, 0.717) is 37.2 Å². The van der Waals surface area contributed by atoms with Crippen molar-refractivity contribution in [3.63, 3.8) is 0 Å². The van der Waals surface area contributed by atoms with Crippen LogP contribution in [0.4, 0.5) is 11.4 Å². The van der Waals surface area contributed by atoms with Gasteiger partial charge in [0, 0.05) is 45.1 Å². The van der Waals surface area contributed by atoms with Crippen LogP contribution >= 0.6 is 0 Å². The van der Waals surface area contributed by atoms with Crippen LogP contribution in [0.1, 0.15) is 30.4 Å². The second-order valence-corrected chi connectivity index (χ2v) is 8.43. The number of carbonyl (C=O) groups excluding carboxylic acids is 2. The average molecular weight is 469 g/mol. The van der Waals surface area contributed by atoms with Gasteiger partial charge in [-0.25, -0.2) is 0 Å². The lowest BCUT2D eigenvalue weighted by Crippen LogP contribution is -2.36. The third-order valence-corrected chi connectivity index (χ3v) is 6.16. The number of hydrogen-bond acceptors (Lipinski definition) is 6. The molecule has 1 aliphatic rings. The van der Waals surface area contributed by atoms with Gasteiger partial charge in [-0.2, -0.15) is 0 Å². The van der Waals surface area contributed by atoms with Crippen molar-refractivity contribution in [1.82, 2.24) is 9.80 Å². The number of anilines is 1. The number of ether oxygens (including phenoxy) is 1. The molecule has 0 unspecified atom stereocenters. The van der Waals surface area contributed by atoms with Crippen molar-refractivity contribution < 1.29 is 19.2 Å². The molecule has 0 bridgehead atoms. The minimum Gasteiger partial charge on any atom is -0.497 e. The number of hydrogen-bond donors (Lipinski definition) is 1. The van der Waals surface area contributed by atoms with Gasteiger partial charge in [0.15, 0.2) is 0 Å². The van der Waals surface area contributed by atoms with Gasteiger partial charge in [0.05, 0.1) is 23.3 Å². The molecule has 1 N–H and O–H groups in total. The molecule has 3 rings (SSSR count). The highest BCUT2D eigenvalue weighted by Crippen LogP contribution is 2.25. The molecule has 1 aliphatic heterocycles. The van der Waals surface area contributed by atoms with Crippen molar-refractivity contribution in [1.29, 1.82) is 0 Å². The maximum Gasteiger partial charge on any atom is 0.274 e. The molecule has 0 radical (unpaired) electrons. The van der Waals surface area contributed by atoms with Crippen LogP contribution in [0.5, 0.6) is 5.75 Å². The fourth-order valence-corrected chi connectivity index (χ4v) is 4.07. The van der Waals surface area contributed by atoms with Gasteiger partial charge >= 0.3 is 0 Å². The third-order valence-electron chi connectivity index (χ3n) is 6.16. The van der Waals surface area contributed by atoms with Crippen LogP contribution in [0.15, 0.2) is 42.5 Å². The zero-order chi connectivity index (χ0) is 24.5. The number of benzene rings is 2. The topological polar surface area (TPSA) is 105 Å². The second kappa shape index (κ2) is 12.1. The summed E-state index contributed by atoms with van der Waals surface area (Å²) in [6, 6.07) is 12.4. The van der Waals surface area contributed by atoms with Crippen molar-refractivity contribution in [2.45, 2.75) is 32.6 Å². The molecule has 2 amide bonds. The Morgan fingerprint density at radius 2 is 1.82 bits per heavy atom. The van der Waals surface area contributed by atoms with E-state index in [1.807, 2.05) is 29.2 Å². The predicted molar refractivity (Wildman–Crippen MR) is 130 cm³/mol. The Morgan fingerprint density at radius 1 is 1.06 bits per heavy atom. The molecule has 0 aromatic heterocycles. The monoisotopic (exact) mass is 468 g/mol. The van der Waals surface area contributed by atoms with E-state index in [4.69, 9.17) is 4.74 Å². The summed E-state index contributed by atoms with van der Waals surface area (Å²) in [5.41, 5.74) is 2.00. The Kier molecular flexibility index (Phi) is 8.98. The highest BCUT2D eigenvalue weighted by Gasteiger charge is 2.20. The van der Waals surface area contributed by atoms with Gasteiger partial charge in [0.2, 0.25) is 11.8 Å². The summed E-state index contributed by atoms with van der Waals surface area (Å²) in [4.78, 5) is 39.9. The van der Waals surface area contributed by atoms with E-state index >= 15 is 0 Å². The van der Waals surface area contributed by atoms with Gasteiger partial charge < -0.3 is 19.9 Å². The first-order chi connectivity index (χ1) is 16.4.